The van der Waals surface area contributed by atoms with E-state index in [9.17, 15) is 0 Å². The molecular weight excluding hydrogens is 322 g/mol. The van der Waals surface area contributed by atoms with Crippen molar-refractivity contribution < 1.29 is 9.47 Å². The summed E-state index contributed by atoms with van der Waals surface area (Å²) in [5, 5.41) is 4.11. The molecule has 1 N–H and O–H groups in total. The van der Waals surface area contributed by atoms with Gasteiger partial charge in [-0.15, -0.1) is 0 Å². The summed E-state index contributed by atoms with van der Waals surface area (Å²) in [6.45, 7) is 6.62. The van der Waals surface area contributed by atoms with Crippen LogP contribution < -0.4 is 14.8 Å². The maximum atomic E-state index is 6.41. The zero-order valence-corrected chi connectivity index (χ0v) is 15.4. The van der Waals surface area contributed by atoms with Crippen LogP contribution in [0.1, 0.15) is 31.4 Å². The van der Waals surface area contributed by atoms with Crippen molar-refractivity contribution in [1.29, 1.82) is 0 Å². The van der Waals surface area contributed by atoms with Gasteiger partial charge in [0, 0.05) is 17.6 Å². The van der Waals surface area contributed by atoms with Crippen LogP contribution in [0, 0.1) is 5.92 Å². The summed E-state index contributed by atoms with van der Waals surface area (Å²) in [5.74, 6) is 2.06. The Balaban J connectivity index is 2.00. The minimum Gasteiger partial charge on any atom is -0.493 e. The van der Waals surface area contributed by atoms with E-state index in [-0.39, 0.29) is 0 Å². The maximum Gasteiger partial charge on any atom is 0.163 e. The van der Waals surface area contributed by atoms with Crippen LogP contribution in [0.25, 0.3) is 0 Å². The third kappa shape index (κ3) is 5.73. The van der Waals surface area contributed by atoms with Gasteiger partial charge in [0.1, 0.15) is 6.61 Å². The Hall–Kier alpha value is -1.71. The number of methoxy groups -OCH3 is 1. The summed E-state index contributed by atoms with van der Waals surface area (Å²) in [6, 6.07) is 13.8. The van der Waals surface area contributed by atoms with E-state index in [2.05, 4.69) is 19.2 Å². The first-order chi connectivity index (χ1) is 11.6. The van der Waals surface area contributed by atoms with Crippen molar-refractivity contribution in [3.05, 3.63) is 58.6 Å². The minimum atomic E-state index is 0.486. The first-order valence-electron chi connectivity index (χ1n) is 8.34. The molecule has 4 heteroatoms. The van der Waals surface area contributed by atoms with Crippen LogP contribution >= 0.6 is 11.6 Å². The second-order valence-electron chi connectivity index (χ2n) is 6.23. The SMILES string of the molecule is COc1cc(CNCCC(C)C)c(Cl)cc1OCc1ccccc1. The molecule has 130 valence electrons. The molecule has 0 bridgehead atoms. The number of nitrogens with one attached hydrogen (secondary N) is 1. The zero-order valence-electron chi connectivity index (χ0n) is 14.6. The normalized spacial score (nSPS) is 10.9. The predicted octanol–water partition coefficient (Wildman–Crippen LogP) is 5.06. The summed E-state index contributed by atoms with van der Waals surface area (Å²) in [7, 11) is 1.65. The van der Waals surface area contributed by atoms with Gasteiger partial charge in [0.2, 0.25) is 0 Å². The standard InChI is InChI=1S/C20H26ClNO2/c1-15(2)9-10-22-13-17-11-19(23-3)20(12-18(17)21)24-14-16-7-5-4-6-8-16/h4-8,11-12,15,22H,9-10,13-14H2,1-3H3. The fourth-order valence-corrected chi connectivity index (χ4v) is 2.55. The molecule has 0 aromatic heterocycles. The summed E-state index contributed by atoms with van der Waals surface area (Å²) in [4.78, 5) is 0. The highest BCUT2D eigenvalue weighted by Crippen LogP contribution is 2.33. The molecule has 0 aliphatic carbocycles. The summed E-state index contributed by atoms with van der Waals surface area (Å²) >= 11 is 6.41. The van der Waals surface area contributed by atoms with E-state index >= 15 is 0 Å². The fraction of sp³-hybridized carbons (Fsp3) is 0.400. The van der Waals surface area contributed by atoms with Gasteiger partial charge in [-0.1, -0.05) is 55.8 Å². The second-order valence-corrected chi connectivity index (χ2v) is 6.64. The van der Waals surface area contributed by atoms with Crippen molar-refractivity contribution in [3.8, 4) is 11.5 Å². The molecule has 0 heterocycles. The van der Waals surface area contributed by atoms with E-state index in [0.717, 1.165) is 30.6 Å². The summed E-state index contributed by atoms with van der Waals surface area (Å²) < 4.78 is 11.3. The van der Waals surface area contributed by atoms with Crippen LogP contribution in [0.2, 0.25) is 5.02 Å². The van der Waals surface area contributed by atoms with Crippen molar-refractivity contribution >= 4 is 11.6 Å². The molecule has 0 aliphatic rings. The number of benzene rings is 2. The van der Waals surface area contributed by atoms with Crippen molar-refractivity contribution in [2.45, 2.75) is 33.4 Å². The van der Waals surface area contributed by atoms with Crippen LogP contribution in [0.5, 0.6) is 11.5 Å². The van der Waals surface area contributed by atoms with Crippen molar-refractivity contribution in [2.75, 3.05) is 13.7 Å². The number of hydrogen-bond donors (Lipinski definition) is 1. The topological polar surface area (TPSA) is 30.5 Å². The molecule has 2 aromatic rings. The molecule has 0 aliphatic heterocycles. The second kappa shape index (κ2) is 9.55. The highest BCUT2D eigenvalue weighted by atomic mass is 35.5. The van der Waals surface area contributed by atoms with E-state index in [1.807, 2.05) is 42.5 Å². The molecule has 3 nitrogen and oxygen atoms in total. The molecule has 0 radical (unpaired) electrons. The van der Waals surface area contributed by atoms with Crippen molar-refractivity contribution in [1.82, 2.24) is 5.32 Å². The molecule has 2 rings (SSSR count). The lowest BCUT2D eigenvalue weighted by Crippen LogP contribution is -2.16. The van der Waals surface area contributed by atoms with Crippen LogP contribution in [0.15, 0.2) is 42.5 Å². The van der Waals surface area contributed by atoms with E-state index in [1.54, 1.807) is 7.11 Å². The largest absolute Gasteiger partial charge is 0.493 e. The monoisotopic (exact) mass is 347 g/mol. The number of rotatable bonds is 9. The van der Waals surface area contributed by atoms with Gasteiger partial charge in [0.05, 0.1) is 7.11 Å². The zero-order chi connectivity index (χ0) is 17.4. The van der Waals surface area contributed by atoms with E-state index in [4.69, 9.17) is 21.1 Å². The maximum absolute atomic E-state index is 6.41. The third-order valence-corrected chi connectivity index (χ3v) is 4.14. The Bertz CT molecular complexity index is 629. The van der Waals surface area contributed by atoms with Gasteiger partial charge in [-0.25, -0.2) is 0 Å². The third-order valence-electron chi connectivity index (χ3n) is 3.78. The quantitative estimate of drug-likeness (QED) is 0.643. The highest BCUT2D eigenvalue weighted by molar-refractivity contribution is 6.31. The molecule has 0 spiro atoms. The predicted molar refractivity (Wildman–Crippen MR) is 99.9 cm³/mol. The van der Waals surface area contributed by atoms with E-state index in [0.29, 0.717) is 29.0 Å². The van der Waals surface area contributed by atoms with Gasteiger partial charge < -0.3 is 14.8 Å². The lowest BCUT2D eigenvalue weighted by Gasteiger charge is -2.14. The van der Waals surface area contributed by atoms with Gasteiger partial charge in [0.25, 0.3) is 0 Å². The first-order valence-corrected chi connectivity index (χ1v) is 8.71. The van der Waals surface area contributed by atoms with Gasteiger partial charge in [0.15, 0.2) is 11.5 Å². The Labute approximate surface area is 149 Å². The molecular formula is C20H26ClNO2. The van der Waals surface area contributed by atoms with Crippen LogP contribution in [0.4, 0.5) is 0 Å². The minimum absolute atomic E-state index is 0.486. The number of ether oxygens (including phenoxy) is 2. The molecule has 24 heavy (non-hydrogen) atoms. The van der Waals surface area contributed by atoms with E-state index in [1.165, 1.54) is 0 Å². The average molecular weight is 348 g/mol. The first kappa shape index (κ1) is 18.6. The van der Waals surface area contributed by atoms with Crippen molar-refractivity contribution in [3.63, 3.8) is 0 Å². The number of halogens is 1. The summed E-state index contributed by atoms with van der Waals surface area (Å²) in [6.07, 6.45) is 1.15. The van der Waals surface area contributed by atoms with Crippen LogP contribution in [-0.4, -0.2) is 13.7 Å². The average Bonchev–Trinajstić information content (AvgIpc) is 2.58. The molecule has 0 fully saturated rings. The Morgan fingerprint density at radius 2 is 1.83 bits per heavy atom. The molecule has 0 unspecified atom stereocenters. The van der Waals surface area contributed by atoms with Gasteiger partial charge in [-0.05, 0) is 36.1 Å². The van der Waals surface area contributed by atoms with Gasteiger partial charge in [-0.2, -0.15) is 0 Å². The molecule has 0 saturated heterocycles. The smallest absolute Gasteiger partial charge is 0.163 e. The molecule has 2 aromatic carbocycles. The number of hydrogen-bond acceptors (Lipinski definition) is 3. The summed E-state index contributed by atoms with van der Waals surface area (Å²) in [5.41, 5.74) is 2.12. The highest BCUT2D eigenvalue weighted by Gasteiger charge is 2.11. The lowest BCUT2D eigenvalue weighted by atomic mass is 10.1. The van der Waals surface area contributed by atoms with Gasteiger partial charge in [-0.3, -0.25) is 0 Å². The van der Waals surface area contributed by atoms with E-state index < -0.39 is 0 Å². The Morgan fingerprint density at radius 1 is 1.08 bits per heavy atom. The lowest BCUT2D eigenvalue weighted by molar-refractivity contribution is 0.284. The van der Waals surface area contributed by atoms with Gasteiger partial charge >= 0.3 is 0 Å². The van der Waals surface area contributed by atoms with Crippen LogP contribution in [-0.2, 0) is 13.2 Å². The molecule has 0 atom stereocenters. The van der Waals surface area contributed by atoms with Crippen LogP contribution in [0.3, 0.4) is 0 Å². The van der Waals surface area contributed by atoms with Crippen molar-refractivity contribution in [2.24, 2.45) is 5.92 Å². The fourth-order valence-electron chi connectivity index (χ4n) is 2.33. The Kier molecular flexibility index (Phi) is 7.41. The molecule has 0 saturated carbocycles. The Morgan fingerprint density at radius 3 is 2.50 bits per heavy atom. The molecule has 0 amide bonds.